The van der Waals surface area contributed by atoms with Crippen molar-refractivity contribution in [3.8, 4) is 5.75 Å². The van der Waals surface area contributed by atoms with Crippen LogP contribution in [0.2, 0.25) is 0 Å². The van der Waals surface area contributed by atoms with Crippen molar-refractivity contribution in [1.29, 1.82) is 0 Å². The maximum atomic E-state index is 15.1. The molecule has 0 fully saturated rings. The maximum absolute atomic E-state index is 15.1. The molecule has 44 heavy (non-hydrogen) atoms. The van der Waals surface area contributed by atoms with Gasteiger partial charge >= 0.3 is 30.8 Å². The zero-order chi connectivity index (χ0) is 33.4. The molecule has 3 rings (SSSR count). The third-order valence-electron chi connectivity index (χ3n) is 5.65. The van der Waals surface area contributed by atoms with Crippen molar-refractivity contribution in [3.63, 3.8) is 0 Å². The number of amides is 2. The van der Waals surface area contributed by atoms with Crippen LogP contribution in [0.3, 0.4) is 0 Å². The molecule has 0 saturated heterocycles. The highest BCUT2D eigenvalue weighted by atomic mass is 79.9. The van der Waals surface area contributed by atoms with Gasteiger partial charge in [-0.1, -0.05) is 6.07 Å². The first-order valence-electron chi connectivity index (χ1n) is 11.3. The molecule has 0 unspecified atom stereocenters. The van der Waals surface area contributed by atoms with Gasteiger partial charge in [0, 0.05) is 15.6 Å². The predicted molar refractivity (Wildman–Crippen MR) is 129 cm³/mol. The Labute approximate surface area is 245 Å². The van der Waals surface area contributed by atoms with Crippen LogP contribution in [-0.2, 0) is 11.8 Å². The van der Waals surface area contributed by atoms with Crippen LogP contribution in [0, 0.1) is 5.82 Å². The average molecular weight is 715 g/mol. The Bertz CT molecular complexity index is 1540. The number of hydrogen-bond acceptors (Lipinski definition) is 3. The fraction of sp³-hybridized carbons (Fsp3) is 0.200. The number of carbonyl (C=O) groups is 2. The molecule has 0 aliphatic heterocycles. The SMILES string of the molecule is O=C(Nc1cccc(C(=O)Nc2c(Br)cc(C(F)(C(F)(F)F)C(F)(F)F)cc2OC(F)F)c1F)c1ccc(C(F)(F)F)cc1. The molecule has 0 heterocycles. The zero-order valence-corrected chi connectivity index (χ0v) is 22.4. The molecule has 0 radical (unpaired) electrons. The van der Waals surface area contributed by atoms with Gasteiger partial charge in [0.15, 0.2) is 11.6 Å². The summed E-state index contributed by atoms with van der Waals surface area (Å²) in [4.78, 5) is 25.2. The molecule has 0 aromatic heterocycles. The minimum absolute atomic E-state index is 0.119. The number of hydrogen-bond donors (Lipinski definition) is 2. The Kier molecular flexibility index (Phi) is 9.52. The number of nitrogens with one attached hydrogen (secondary N) is 2. The number of anilines is 2. The lowest BCUT2D eigenvalue weighted by atomic mass is 9.93. The molecule has 0 saturated carbocycles. The third-order valence-corrected chi connectivity index (χ3v) is 6.28. The first-order chi connectivity index (χ1) is 20.1. The van der Waals surface area contributed by atoms with E-state index >= 15 is 4.39 Å². The summed E-state index contributed by atoms with van der Waals surface area (Å²) in [6, 6.07) is 4.79. The quantitative estimate of drug-likeness (QED) is 0.240. The lowest BCUT2D eigenvalue weighted by Gasteiger charge is -2.31. The summed E-state index contributed by atoms with van der Waals surface area (Å²) < 4.78 is 176. The van der Waals surface area contributed by atoms with Crippen LogP contribution in [0.25, 0.3) is 0 Å². The van der Waals surface area contributed by atoms with Gasteiger partial charge in [-0.05, 0) is 64.5 Å². The molecule has 238 valence electrons. The summed E-state index contributed by atoms with van der Waals surface area (Å²) in [5, 5.41) is 3.72. The van der Waals surface area contributed by atoms with Crippen LogP contribution in [-0.4, -0.2) is 30.8 Å². The number of rotatable bonds is 7. The zero-order valence-electron chi connectivity index (χ0n) is 20.8. The molecule has 5 nitrogen and oxygen atoms in total. The summed E-state index contributed by atoms with van der Waals surface area (Å²) in [5.41, 5.74) is -12.6. The van der Waals surface area contributed by atoms with Crippen LogP contribution in [0.1, 0.15) is 31.8 Å². The van der Waals surface area contributed by atoms with E-state index in [0.717, 1.165) is 30.3 Å². The molecule has 0 aliphatic carbocycles. The normalized spacial score (nSPS) is 12.7. The summed E-state index contributed by atoms with van der Waals surface area (Å²) in [6.07, 6.45) is -18.0. The van der Waals surface area contributed by atoms with Gasteiger partial charge in [-0.3, -0.25) is 9.59 Å². The number of ether oxygens (including phenoxy) is 1. The highest BCUT2D eigenvalue weighted by molar-refractivity contribution is 9.10. The second kappa shape index (κ2) is 12.2. The molecule has 0 aliphatic rings. The van der Waals surface area contributed by atoms with Crippen molar-refractivity contribution < 1.29 is 71.4 Å². The van der Waals surface area contributed by atoms with Gasteiger partial charge in [0.2, 0.25) is 0 Å². The molecule has 3 aromatic rings. The Morgan fingerprint density at radius 1 is 0.750 bits per heavy atom. The molecule has 0 atom stereocenters. The van der Waals surface area contributed by atoms with Crippen LogP contribution >= 0.6 is 15.9 Å². The fourth-order valence-electron chi connectivity index (χ4n) is 3.57. The second-order valence-electron chi connectivity index (χ2n) is 8.51. The van der Waals surface area contributed by atoms with E-state index < -0.39 is 86.7 Å². The number of benzene rings is 3. The van der Waals surface area contributed by atoms with E-state index in [1.807, 2.05) is 5.32 Å². The Morgan fingerprint density at radius 2 is 1.32 bits per heavy atom. The predicted octanol–water partition coefficient (Wildman–Crippen LogP) is 9.00. The minimum Gasteiger partial charge on any atom is -0.433 e. The van der Waals surface area contributed by atoms with Crippen LogP contribution < -0.4 is 15.4 Å². The number of halogens is 14. The van der Waals surface area contributed by atoms with Crippen LogP contribution in [0.4, 0.5) is 68.5 Å². The largest absolute Gasteiger partial charge is 0.435 e. The monoisotopic (exact) mass is 714 g/mol. The fourth-order valence-corrected chi connectivity index (χ4v) is 4.11. The molecule has 2 amide bonds. The standard InChI is InChI=1S/C25H12BrF13N2O3/c26-14-8-12(22(30,24(34,35)36)25(37,38)39)9-16(44-21(28)29)18(14)41-20(43)13-2-1-3-15(17(13)27)40-19(42)10-4-6-11(7-5-10)23(31,32)33/h1-9,21H,(H,40,42)(H,41,43). The first-order valence-corrected chi connectivity index (χ1v) is 12.1. The van der Waals surface area contributed by atoms with E-state index in [4.69, 9.17) is 0 Å². The van der Waals surface area contributed by atoms with Crippen molar-refractivity contribution >= 4 is 39.1 Å². The molecule has 3 aromatic carbocycles. The van der Waals surface area contributed by atoms with Gasteiger partial charge in [-0.2, -0.15) is 48.3 Å². The van der Waals surface area contributed by atoms with Crippen LogP contribution in [0.15, 0.2) is 59.1 Å². The van der Waals surface area contributed by atoms with Gasteiger partial charge < -0.3 is 15.4 Å². The number of alkyl halides is 12. The molecular weight excluding hydrogens is 703 g/mol. The van der Waals surface area contributed by atoms with Gasteiger partial charge in [-0.15, -0.1) is 0 Å². The Morgan fingerprint density at radius 3 is 1.82 bits per heavy atom. The topological polar surface area (TPSA) is 67.4 Å². The molecule has 0 spiro atoms. The van der Waals surface area contributed by atoms with Crippen LogP contribution in [0.5, 0.6) is 5.75 Å². The summed E-state index contributed by atoms with van der Waals surface area (Å²) in [6.45, 7) is -3.92. The van der Waals surface area contributed by atoms with E-state index in [2.05, 4.69) is 20.7 Å². The summed E-state index contributed by atoms with van der Waals surface area (Å²) >= 11 is 2.46. The van der Waals surface area contributed by atoms with Gasteiger partial charge in [0.25, 0.3) is 11.8 Å². The van der Waals surface area contributed by atoms with E-state index in [1.165, 1.54) is 0 Å². The van der Waals surface area contributed by atoms with Crippen molar-refractivity contribution in [3.05, 3.63) is 87.1 Å². The summed E-state index contributed by atoms with van der Waals surface area (Å²) in [5.74, 6) is -5.80. The van der Waals surface area contributed by atoms with Crippen molar-refractivity contribution in [2.24, 2.45) is 0 Å². The first kappa shape index (κ1) is 34.5. The highest BCUT2D eigenvalue weighted by Gasteiger charge is 2.73. The third kappa shape index (κ3) is 7.02. The van der Waals surface area contributed by atoms with Crippen molar-refractivity contribution in [2.45, 2.75) is 30.8 Å². The smallest absolute Gasteiger partial charge is 0.433 e. The maximum Gasteiger partial charge on any atom is 0.435 e. The molecule has 0 bridgehead atoms. The average Bonchev–Trinajstić information content (AvgIpc) is 2.89. The second-order valence-corrected chi connectivity index (χ2v) is 9.37. The molecule has 19 heteroatoms. The van der Waals surface area contributed by atoms with E-state index in [1.54, 1.807) is 5.32 Å². The van der Waals surface area contributed by atoms with Gasteiger partial charge in [0.05, 0.1) is 22.5 Å². The van der Waals surface area contributed by atoms with Crippen molar-refractivity contribution in [2.75, 3.05) is 10.6 Å². The Balaban J connectivity index is 1.97. The van der Waals surface area contributed by atoms with E-state index in [-0.39, 0.29) is 17.7 Å². The van der Waals surface area contributed by atoms with E-state index in [9.17, 15) is 62.3 Å². The van der Waals surface area contributed by atoms with Crippen molar-refractivity contribution in [1.82, 2.24) is 0 Å². The lowest BCUT2D eigenvalue weighted by molar-refractivity contribution is -0.348. The lowest BCUT2D eigenvalue weighted by Crippen LogP contribution is -2.50. The summed E-state index contributed by atoms with van der Waals surface area (Å²) in [7, 11) is 0. The molecular formula is C25H12BrF13N2O3. The molecule has 2 N–H and O–H groups in total. The minimum atomic E-state index is -6.63. The Hall–Kier alpha value is -4.03. The number of carbonyl (C=O) groups excluding carboxylic acids is 2. The van der Waals surface area contributed by atoms with Gasteiger partial charge in [-0.25, -0.2) is 8.78 Å². The van der Waals surface area contributed by atoms with E-state index in [0.29, 0.717) is 12.1 Å². The van der Waals surface area contributed by atoms with Gasteiger partial charge in [0.1, 0.15) is 0 Å². The highest BCUT2D eigenvalue weighted by Crippen LogP contribution is 2.55.